The van der Waals surface area contributed by atoms with Crippen LogP contribution in [0.25, 0.3) is 0 Å². The van der Waals surface area contributed by atoms with Gasteiger partial charge >= 0.3 is 17.9 Å². The average molecular weight is 263 g/mol. The van der Waals surface area contributed by atoms with Gasteiger partial charge in [-0.25, -0.2) is 4.79 Å². The summed E-state index contributed by atoms with van der Waals surface area (Å²) in [5.41, 5.74) is 0. The van der Waals surface area contributed by atoms with Crippen molar-refractivity contribution in [3.8, 4) is 0 Å². The van der Waals surface area contributed by atoms with Gasteiger partial charge in [0.2, 0.25) is 0 Å². The number of aliphatic hydroxyl groups excluding tert-OH is 1. The summed E-state index contributed by atoms with van der Waals surface area (Å²) in [6.07, 6.45) is -1.76. The molecule has 0 radical (unpaired) electrons. The number of rotatable bonds is 8. The van der Waals surface area contributed by atoms with Crippen LogP contribution in [0, 0.1) is 0 Å². The Labute approximate surface area is 103 Å². The minimum absolute atomic E-state index is 0.0504. The Bertz CT molecular complexity index is 330. The summed E-state index contributed by atoms with van der Waals surface area (Å²) >= 11 is 0. The van der Waals surface area contributed by atoms with E-state index in [0.29, 0.717) is 6.42 Å². The SMILES string of the molecule is CCCN(C(C)C(=O)O)C(C(=O)O)C(O)C(=O)O. The van der Waals surface area contributed by atoms with Gasteiger partial charge in [0.15, 0.2) is 6.10 Å². The van der Waals surface area contributed by atoms with Crippen LogP contribution in [0.1, 0.15) is 20.3 Å². The molecule has 0 aliphatic heterocycles. The van der Waals surface area contributed by atoms with Gasteiger partial charge in [-0.2, -0.15) is 0 Å². The largest absolute Gasteiger partial charge is 0.480 e. The van der Waals surface area contributed by atoms with Crippen LogP contribution in [0.2, 0.25) is 0 Å². The van der Waals surface area contributed by atoms with Crippen LogP contribution < -0.4 is 0 Å². The molecule has 0 aromatic rings. The molecular formula is C10H17NO7. The number of hydrogen-bond acceptors (Lipinski definition) is 5. The minimum atomic E-state index is -2.18. The Balaban J connectivity index is 5.29. The van der Waals surface area contributed by atoms with E-state index in [1.807, 2.05) is 0 Å². The molecule has 0 aliphatic carbocycles. The fourth-order valence-corrected chi connectivity index (χ4v) is 1.57. The van der Waals surface area contributed by atoms with Crippen LogP contribution in [-0.2, 0) is 14.4 Å². The lowest BCUT2D eigenvalue weighted by Crippen LogP contribution is -2.57. The maximum atomic E-state index is 11.0. The number of carboxylic acids is 3. The number of carbonyl (C=O) groups is 3. The number of carboxylic acid groups (broad SMARTS) is 3. The van der Waals surface area contributed by atoms with Crippen LogP contribution in [0.5, 0.6) is 0 Å². The summed E-state index contributed by atoms with van der Waals surface area (Å²) in [5, 5.41) is 35.8. The van der Waals surface area contributed by atoms with E-state index in [2.05, 4.69) is 0 Å². The van der Waals surface area contributed by atoms with Gasteiger partial charge in [-0.15, -0.1) is 0 Å². The van der Waals surface area contributed by atoms with Crippen LogP contribution in [-0.4, -0.2) is 68.0 Å². The molecule has 8 heteroatoms. The van der Waals surface area contributed by atoms with Crippen LogP contribution in [0.4, 0.5) is 0 Å². The molecule has 0 saturated heterocycles. The summed E-state index contributed by atoms with van der Waals surface area (Å²) in [6.45, 7) is 2.98. The third kappa shape index (κ3) is 3.97. The lowest BCUT2D eigenvalue weighted by Gasteiger charge is -2.32. The molecule has 3 atom stereocenters. The maximum Gasteiger partial charge on any atom is 0.334 e. The topological polar surface area (TPSA) is 135 Å². The van der Waals surface area contributed by atoms with Crippen molar-refractivity contribution in [1.82, 2.24) is 4.90 Å². The van der Waals surface area contributed by atoms with Crippen LogP contribution in [0.3, 0.4) is 0 Å². The van der Waals surface area contributed by atoms with E-state index in [-0.39, 0.29) is 6.54 Å². The predicted molar refractivity (Wildman–Crippen MR) is 59.2 cm³/mol. The van der Waals surface area contributed by atoms with Crippen LogP contribution >= 0.6 is 0 Å². The van der Waals surface area contributed by atoms with Gasteiger partial charge in [0, 0.05) is 0 Å². The number of hydrogen-bond donors (Lipinski definition) is 4. The van der Waals surface area contributed by atoms with Gasteiger partial charge in [-0.3, -0.25) is 14.5 Å². The third-order valence-electron chi connectivity index (χ3n) is 2.50. The standard InChI is InChI=1S/C10H17NO7/c1-3-4-11(5(2)8(13)14)6(9(15)16)7(12)10(17)18/h5-7,12H,3-4H2,1-2H3,(H,13,14)(H,15,16)(H,17,18). The molecule has 0 amide bonds. The molecule has 0 bridgehead atoms. The highest BCUT2D eigenvalue weighted by atomic mass is 16.4. The number of aliphatic carboxylic acids is 3. The van der Waals surface area contributed by atoms with Gasteiger partial charge in [0.25, 0.3) is 0 Å². The van der Waals surface area contributed by atoms with Crippen molar-refractivity contribution in [3.05, 3.63) is 0 Å². The highest BCUT2D eigenvalue weighted by Gasteiger charge is 2.40. The Morgan fingerprint density at radius 1 is 1.06 bits per heavy atom. The minimum Gasteiger partial charge on any atom is -0.480 e. The number of nitrogens with zero attached hydrogens (tertiary/aromatic N) is 1. The summed E-state index contributed by atoms with van der Waals surface area (Å²) in [4.78, 5) is 33.5. The van der Waals surface area contributed by atoms with Crippen molar-refractivity contribution in [2.24, 2.45) is 0 Å². The summed E-state index contributed by atoms with van der Waals surface area (Å²) in [6, 6.07) is -3.01. The van der Waals surface area contributed by atoms with Crippen molar-refractivity contribution < 1.29 is 34.8 Å². The first-order valence-electron chi connectivity index (χ1n) is 5.36. The lowest BCUT2D eigenvalue weighted by molar-refractivity contribution is -0.165. The zero-order valence-electron chi connectivity index (χ0n) is 10.1. The third-order valence-corrected chi connectivity index (χ3v) is 2.50. The normalized spacial score (nSPS) is 16.0. The van der Waals surface area contributed by atoms with E-state index in [0.717, 1.165) is 4.90 Å². The second-order valence-electron chi connectivity index (χ2n) is 3.82. The van der Waals surface area contributed by atoms with E-state index in [9.17, 15) is 19.5 Å². The van der Waals surface area contributed by atoms with E-state index >= 15 is 0 Å². The molecule has 104 valence electrons. The molecule has 0 rings (SSSR count). The molecule has 0 spiro atoms. The molecule has 0 saturated carbocycles. The fourth-order valence-electron chi connectivity index (χ4n) is 1.57. The second kappa shape index (κ2) is 6.92. The van der Waals surface area contributed by atoms with Gasteiger partial charge in [0.05, 0.1) is 0 Å². The number of aliphatic hydroxyl groups is 1. The summed E-state index contributed by atoms with van der Waals surface area (Å²) in [7, 11) is 0. The Kier molecular flexibility index (Phi) is 6.28. The molecule has 18 heavy (non-hydrogen) atoms. The Hall–Kier alpha value is -1.67. The fraction of sp³-hybridized carbons (Fsp3) is 0.700. The summed E-state index contributed by atoms with van der Waals surface area (Å²) in [5.74, 6) is -4.57. The Morgan fingerprint density at radius 3 is 1.83 bits per heavy atom. The smallest absolute Gasteiger partial charge is 0.334 e. The van der Waals surface area contributed by atoms with E-state index < -0.39 is 36.1 Å². The zero-order valence-corrected chi connectivity index (χ0v) is 10.1. The van der Waals surface area contributed by atoms with E-state index in [1.54, 1.807) is 6.92 Å². The molecule has 0 aliphatic rings. The van der Waals surface area contributed by atoms with Crippen molar-refractivity contribution in [1.29, 1.82) is 0 Å². The Morgan fingerprint density at radius 2 is 1.56 bits per heavy atom. The van der Waals surface area contributed by atoms with E-state index in [4.69, 9.17) is 15.3 Å². The lowest BCUT2D eigenvalue weighted by atomic mass is 10.1. The van der Waals surface area contributed by atoms with Crippen LogP contribution in [0.15, 0.2) is 0 Å². The van der Waals surface area contributed by atoms with Crippen molar-refractivity contribution in [2.75, 3.05) is 6.54 Å². The quantitative estimate of drug-likeness (QED) is 0.441. The first-order chi connectivity index (χ1) is 8.23. The van der Waals surface area contributed by atoms with Crippen molar-refractivity contribution >= 4 is 17.9 Å². The van der Waals surface area contributed by atoms with Gasteiger partial charge in [0.1, 0.15) is 12.1 Å². The molecule has 0 aromatic heterocycles. The first kappa shape index (κ1) is 16.3. The van der Waals surface area contributed by atoms with Crippen molar-refractivity contribution in [3.63, 3.8) is 0 Å². The average Bonchev–Trinajstić information content (AvgIpc) is 2.26. The highest BCUT2D eigenvalue weighted by Crippen LogP contribution is 2.12. The van der Waals surface area contributed by atoms with Gasteiger partial charge in [-0.1, -0.05) is 6.92 Å². The van der Waals surface area contributed by atoms with Gasteiger partial charge < -0.3 is 20.4 Å². The molecular weight excluding hydrogens is 246 g/mol. The van der Waals surface area contributed by atoms with E-state index in [1.165, 1.54) is 6.92 Å². The zero-order chi connectivity index (χ0) is 14.5. The molecule has 0 heterocycles. The first-order valence-corrected chi connectivity index (χ1v) is 5.36. The summed E-state index contributed by atoms with van der Waals surface area (Å²) < 4.78 is 0. The van der Waals surface area contributed by atoms with Gasteiger partial charge in [-0.05, 0) is 19.9 Å². The molecule has 4 N–H and O–H groups in total. The molecule has 0 fully saturated rings. The molecule has 3 unspecified atom stereocenters. The van der Waals surface area contributed by atoms with Crippen molar-refractivity contribution in [2.45, 2.75) is 38.5 Å². The second-order valence-corrected chi connectivity index (χ2v) is 3.82. The highest BCUT2D eigenvalue weighted by molar-refractivity contribution is 5.85. The monoisotopic (exact) mass is 263 g/mol. The molecule has 0 aromatic carbocycles. The maximum absolute atomic E-state index is 11.0. The molecule has 8 nitrogen and oxygen atoms in total. The predicted octanol–water partition coefficient (Wildman–Crippen LogP) is -0.930.